The van der Waals surface area contributed by atoms with E-state index in [1.54, 1.807) is 31.4 Å². The third-order valence-electron chi connectivity index (χ3n) is 8.72. The van der Waals surface area contributed by atoms with Crippen LogP contribution >= 0.6 is 0 Å². The molecule has 0 unspecified atom stereocenters. The number of rotatable bonds is 13. The summed E-state index contributed by atoms with van der Waals surface area (Å²) in [6, 6.07) is 22.2. The Morgan fingerprint density at radius 2 is 1.85 bits per heavy atom. The number of ether oxygens (including phenoxy) is 2. The first kappa shape index (κ1) is 32.7. The maximum absolute atomic E-state index is 14.4. The number of pyridine rings is 1. The normalized spacial score (nSPS) is 14.1. The third kappa shape index (κ3) is 7.34. The van der Waals surface area contributed by atoms with Gasteiger partial charge in [-0.25, -0.2) is 27.9 Å². The van der Waals surface area contributed by atoms with Crippen molar-refractivity contribution in [3.8, 4) is 23.2 Å². The van der Waals surface area contributed by atoms with Gasteiger partial charge in [-0.05, 0) is 72.4 Å². The van der Waals surface area contributed by atoms with Gasteiger partial charge < -0.3 is 19.1 Å². The van der Waals surface area contributed by atoms with Gasteiger partial charge in [0.15, 0.2) is 0 Å². The first-order valence-corrected chi connectivity index (χ1v) is 15.6. The van der Waals surface area contributed by atoms with Crippen LogP contribution in [0.25, 0.3) is 22.3 Å². The Labute approximate surface area is 275 Å². The highest BCUT2D eigenvalue weighted by Gasteiger charge is 2.44. The first-order valence-electron chi connectivity index (χ1n) is 15.6. The topological polar surface area (TPSA) is 110 Å². The maximum atomic E-state index is 14.4. The monoisotopic (exact) mass is 654 g/mol. The molecular weight excluding hydrogens is 621 g/mol. The second-order valence-electron chi connectivity index (χ2n) is 12.1. The quantitative estimate of drug-likeness (QED) is 0.139. The number of imidazole rings is 1. The van der Waals surface area contributed by atoms with Crippen LogP contribution < -0.4 is 4.74 Å². The van der Waals surface area contributed by atoms with Crippen molar-refractivity contribution in [3.63, 3.8) is 0 Å². The summed E-state index contributed by atoms with van der Waals surface area (Å²) in [5, 5.41) is 18.6. The Kier molecular flexibility index (Phi) is 9.46. The second kappa shape index (κ2) is 13.9. The third-order valence-corrected chi connectivity index (χ3v) is 8.72. The van der Waals surface area contributed by atoms with Crippen LogP contribution in [0.4, 0.5) is 13.2 Å². The molecule has 11 heteroatoms. The van der Waals surface area contributed by atoms with Crippen LogP contribution in [0.2, 0.25) is 0 Å². The van der Waals surface area contributed by atoms with Crippen LogP contribution in [0, 0.1) is 23.1 Å². The van der Waals surface area contributed by atoms with Crippen molar-refractivity contribution >= 4 is 17.0 Å². The minimum Gasteiger partial charge on any atom is -0.478 e. The van der Waals surface area contributed by atoms with Crippen molar-refractivity contribution in [1.82, 2.24) is 14.5 Å². The highest BCUT2D eigenvalue weighted by Crippen LogP contribution is 2.44. The minimum atomic E-state index is -2.60. The zero-order valence-electron chi connectivity index (χ0n) is 26.3. The molecule has 0 saturated heterocycles. The number of methoxy groups -OCH3 is 1. The second-order valence-corrected chi connectivity index (χ2v) is 12.1. The zero-order valence-corrected chi connectivity index (χ0v) is 26.3. The van der Waals surface area contributed by atoms with Gasteiger partial charge in [-0.2, -0.15) is 5.26 Å². The molecule has 0 atom stereocenters. The van der Waals surface area contributed by atoms with E-state index in [1.807, 2.05) is 34.9 Å². The summed E-state index contributed by atoms with van der Waals surface area (Å²) in [5.74, 6) is -3.19. The predicted octanol–water partition coefficient (Wildman–Crippen LogP) is 7.60. The number of hydrogen-bond acceptors (Lipinski definition) is 6. The number of nitrogens with zero attached hydrogens (tertiary/aromatic N) is 4. The van der Waals surface area contributed by atoms with Gasteiger partial charge in [-0.3, -0.25) is 0 Å². The van der Waals surface area contributed by atoms with Crippen LogP contribution in [0.3, 0.4) is 0 Å². The molecule has 3 aromatic carbocycles. The van der Waals surface area contributed by atoms with Crippen molar-refractivity contribution in [2.75, 3.05) is 13.7 Å². The van der Waals surface area contributed by atoms with Crippen LogP contribution in [0.15, 0.2) is 72.8 Å². The molecule has 1 aliphatic rings. The van der Waals surface area contributed by atoms with Crippen molar-refractivity contribution in [3.05, 3.63) is 112 Å². The van der Waals surface area contributed by atoms with Gasteiger partial charge in [0.25, 0.3) is 0 Å². The number of nitriles is 1. The van der Waals surface area contributed by atoms with E-state index in [1.165, 1.54) is 18.2 Å². The van der Waals surface area contributed by atoms with Gasteiger partial charge in [-0.1, -0.05) is 24.3 Å². The van der Waals surface area contributed by atoms with Gasteiger partial charge in [0.05, 0.1) is 40.5 Å². The highest BCUT2D eigenvalue weighted by molar-refractivity contribution is 5.92. The predicted molar refractivity (Wildman–Crippen MR) is 172 cm³/mol. The van der Waals surface area contributed by atoms with E-state index in [9.17, 15) is 23.1 Å². The molecule has 8 nitrogen and oxygen atoms in total. The van der Waals surface area contributed by atoms with E-state index >= 15 is 0 Å². The van der Waals surface area contributed by atoms with Gasteiger partial charge in [0, 0.05) is 50.1 Å². The van der Waals surface area contributed by atoms with Crippen LogP contribution in [0.1, 0.15) is 57.7 Å². The Bertz CT molecular complexity index is 2010. The molecular formula is C37H33F3N4O4. The van der Waals surface area contributed by atoms with E-state index in [0.717, 1.165) is 28.6 Å². The van der Waals surface area contributed by atoms with E-state index in [4.69, 9.17) is 19.7 Å². The highest BCUT2D eigenvalue weighted by atomic mass is 19.3. The van der Waals surface area contributed by atoms with Crippen molar-refractivity contribution in [2.45, 2.75) is 51.2 Å². The molecule has 0 aliphatic heterocycles. The lowest BCUT2D eigenvalue weighted by molar-refractivity contribution is -0.111. The van der Waals surface area contributed by atoms with Crippen LogP contribution in [-0.2, 0) is 30.7 Å². The number of aromatic carboxylic acids is 1. The maximum Gasteiger partial charge on any atom is 0.335 e. The summed E-state index contributed by atoms with van der Waals surface area (Å²) in [6.07, 6.45) is 1.41. The molecule has 0 radical (unpaired) electrons. The number of alkyl halides is 2. The minimum absolute atomic E-state index is 0.0605. The van der Waals surface area contributed by atoms with Crippen molar-refractivity contribution in [1.29, 1.82) is 5.26 Å². The number of benzene rings is 3. The molecule has 1 fully saturated rings. The summed E-state index contributed by atoms with van der Waals surface area (Å²) >= 11 is 0. The molecule has 1 aliphatic carbocycles. The van der Waals surface area contributed by atoms with E-state index in [0.29, 0.717) is 60.6 Å². The lowest BCUT2D eigenvalue weighted by Crippen LogP contribution is -2.35. The smallest absolute Gasteiger partial charge is 0.335 e. The zero-order chi connectivity index (χ0) is 33.8. The molecule has 0 spiro atoms. The number of aryl methyl sites for hydroxylation is 1. The number of aromatic nitrogens is 3. The summed E-state index contributed by atoms with van der Waals surface area (Å²) in [7, 11) is 1.60. The number of fused-ring (bicyclic) bond motifs is 1. The Hall–Kier alpha value is -5.21. The number of carboxylic acid groups (broad SMARTS) is 1. The van der Waals surface area contributed by atoms with Gasteiger partial charge in [-0.15, -0.1) is 0 Å². The Morgan fingerprint density at radius 1 is 1.04 bits per heavy atom. The molecule has 1 saturated carbocycles. The summed E-state index contributed by atoms with van der Waals surface area (Å²) in [4.78, 5) is 21.2. The number of carboxylic acids is 1. The number of halogens is 3. The van der Waals surface area contributed by atoms with Crippen molar-refractivity contribution < 1.29 is 32.5 Å². The Morgan fingerprint density at radius 3 is 2.58 bits per heavy atom. The summed E-state index contributed by atoms with van der Waals surface area (Å²) in [6.45, 7) is 0.806. The van der Waals surface area contributed by atoms with Gasteiger partial charge >= 0.3 is 5.97 Å². The summed E-state index contributed by atoms with van der Waals surface area (Å²) < 4.78 is 54.8. The lowest BCUT2D eigenvalue weighted by Gasteiger charge is -2.35. The fraction of sp³-hybridized carbons (Fsp3) is 0.297. The van der Waals surface area contributed by atoms with E-state index in [-0.39, 0.29) is 36.5 Å². The SMILES string of the molecule is COCCn1c(Cc2ccc(-c3cccc(OCc4ccc(C#N)cc4F)n3)cc2CCC2CC(F)(F)C2)nc2ccc(C(=O)O)cc21. The average Bonchev–Trinajstić information content (AvgIpc) is 3.41. The Balaban J connectivity index is 1.29. The largest absolute Gasteiger partial charge is 0.478 e. The van der Waals surface area contributed by atoms with E-state index < -0.39 is 17.7 Å². The fourth-order valence-corrected chi connectivity index (χ4v) is 6.12. The molecule has 2 aromatic heterocycles. The lowest BCUT2D eigenvalue weighted by atomic mass is 9.77. The van der Waals surface area contributed by atoms with E-state index in [2.05, 4.69) is 4.98 Å². The molecule has 0 amide bonds. The van der Waals surface area contributed by atoms with Crippen LogP contribution in [-0.4, -0.2) is 45.3 Å². The molecule has 0 bridgehead atoms. The molecule has 6 rings (SSSR count). The number of carbonyl (C=O) groups is 1. The fourth-order valence-electron chi connectivity index (χ4n) is 6.12. The summed E-state index contributed by atoms with van der Waals surface area (Å²) in [5.41, 5.74) is 5.43. The molecule has 1 N–H and O–H groups in total. The van der Waals surface area contributed by atoms with Crippen molar-refractivity contribution in [2.24, 2.45) is 5.92 Å². The van der Waals surface area contributed by atoms with Gasteiger partial charge in [0.1, 0.15) is 18.2 Å². The van der Waals surface area contributed by atoms with Crippen LogP contribution in [0.5, 0.6) is 5.88 Å². The standard InChI is InChI=1S/C37H33F3N4O4/c1-47-14-13-44-33-17-28(36(45)46)11-12-32(33)42-34(44)18-26-9-10-27(16-25(26)7-6-24-19-37(39,40)20-24)31-3-2-4-35(43-31)48-22-29-8-5-23(21-41)15-30(29)38/h2-5,8-12,15-17,24H,6-7,13-14,18-20,22H2,1H3,(H,45,46). The molecule has 246 valence electrons. The van der Waals surface area contributed by atoms with Gasteiger partial charge in [0.2, 0.25) is 11.8 Å². The molecule has 2 heterocycles. The first-order chi connectivity index (χ1) is 23.1. The average molecular weight is 655 g/mol. The number of hydrogen-bond donors (Lipinski definition) is 1. The molecule has 5 aromatic rings. The molecule has 48 heavy (non-hydrogen) atoms.